The maximum Gasteiger partial charge on any atom is 0.319 e. The highest BCUT2D eigenvalue weighted by Crippen LogP contribution is 2.31. The van der Waals surface area contributed by atoms with Gasteiger partial charge in [0.05, 0.1) is 0 Å². The van der Waals surface area contributed by atoms with Crippen LogP contribution in [0.15, 0.2) is 0 Å². The third-order valence-corrected chi connectivity index (χ3v) is 3.41. The molecule has 0 saturated carbocycles. The summed E-state index contributed by atoms with van der Waals surface area (Å²) in [6.45, 7) is 5.69. The van der Waals surface area contributed by atoms with E-state index in [4.69, 9.17) is 5.73 Å². The molecule has 1 heterocycles. The molecule has 1 aromatic heterocycles. The molecule has 0 radical (unpaired) electrons. The Hall–Kier alpha value is -1.83. The minimum atomic E-state index is -0.586. The van der Waals surface area contributed by atoms with Gasteiger partial charge < -0.3 is 16.0 Å². The number of rotatable bonds is 7. The molecule has 0 saturated heterocycles. The molecule has 0 atom stereocenters. The van der Waals surface area contributed by atoms with Crippen molar-refractivity contribution in [2.24, 2.45) is 5.73 Å². The largest absolute Gasteiger partial charge is 0.365 e. The van der Waals surface area contributed by atoms with Crippen molar-refractivity contribution < 1.29 is 9.59 Å². The number of nitrogens with two attached hydrogens (primary N) is 1. The van der Waals surface area contributed by atoms with Crippen LogP contribution in [0, 0.1) is 0 Å². The van der Waals surface area contributed by atoms with Crippen molar-refractivity contribution in [3.63, 3.8) is 0 Å². The third-order valence-electron chi connectivity index (χ3n) is 2.66. The summed E-state index contributed by atoms with van der Waals surface area (Å²) in [5.74, 6) is -0.0324. The first-order chi connectivity index (χ1) is 9.54. The first-order valence-corrected chi connectivity index (χ1v) is 7.35. The highest BCUT2D eigenvalue weighted by atomic mass is 32.1. The van der Waals surface area contributed by atoms with E-state index in [0.29, 0.717) is 10.8 Å². The molecule has 1 rings (SSSR count). The average molecular weight is 299 g/mol. The Balaban J connectivity index is 3.12. The summed E-state index contributed by atoms with van der Waals surface area (Å²) in [4.78, 5) is 25.1. The fraction of sp³-hybridized carbons (Fsp3) is 0.583. The van der Waals surface area contributed by atoms with E-state index in [1.807, 2.05) is 4.90 Å². The fourth-order valence-corrected chi connectivity index (χ4v) is 2.64. The lowest BCUT2D eigenvalue weighted by Gasteiger charge is -2.22. The van der Waals surface area contributed by atoms with Crippen LogP contribution in [0.5, 0.6) is 0 Å². The maximum atomic E-state index is 11.7. The van der Waals surface area contributed by atoms with Crippen molar-refractivity contribution in [2.45, 2.75) is 26.7 Å². The molecule has 8 heteroatoms. The number of urea groups is 1. The van der Waals surface area contributed by atoms with Crippen LogP contribution >= 0.6 is 11.5 Å². The topological polar surface area (TPSA) is 100 Å². The molecule has 0 aromatic carbocycles. The van der Waals surface area contributed by atoms with E-state index in [2.05, 4.69) is 28.9 Å². The molecule has 4 N–H and O–H groups in total. The molecule has 1 aromatic rings. The highest BCUT2D eigenvalue weighted by Gasteiger charge is 2.23. The number of primary amides is 1. The second kappa shape index (κ2) is 7.68. The molecule has 0 unspecified atom stereocenters. The number of aromatic nitrogens is 1. The SMILES string of the molecule is CCCN(CCC)c1nsc(NC(=O)NC)c1C(N)=O. The van der Waals surface area contributed by atoms with Crippen molar-refractivity contribution in [3.05, 3.63) is 5.56 Å². The van der Waals surface area contributed by atoms with Gasteiger partial charge >= 0.3 is 6.03 Å². The standard InChI is InChI=1S/C12H21N5O2S/c1-4-6-17(7-5-2)10-8(9(13)18)11(20-16-10)15-12(19)14-3/h4-7H2,1-3H3,(H2,13,18)(H2,14,15,19). The van der Waals surface area contributed by atoms with Gasteiger partial charge in [-0.3, -0.25) is 10.1 Å². The van der Waals surface area contributed by atoms with E-state index < -0.39 is 11.9 Å². The Morgan fingerprint density at radius 2 is 1.90 bits per heavy atom. The van der Waals surface area contributed by atoms with Crippen molar-refractivity contribution in [1.29, 1.82) is 0 Å². The number of hydrogen-bond acceptors (Lipinski definition) is 5. The molecule has 0 bridgehead atoms. The predicted molar refractivity (Wildman–Crippen MR) is 81.5 cm³/mol. The van der Waals surface area contributed by atoms with E-state index in [9.17, 15) is 9.59 Å². The molecule has 3 amide bonds. The van der Waals surface area contributed by atoms with Gasteiger partial charge in [0.1, 0.15) is 10.6 Å². The summed E-state index contributed by atoms with van der Waals surface area (Å²) in [7, 11) is 1.50. The molecule has 20 heavy (non-hydrogen) atoms. The van der Waals surface area contributed by atoms with Crippen LogP contribution in [0.1, 0.15) is 37.0 Å². The van der Waals surface area contributed by atoms with E-state index in [1.165, 1.54) is 7.05 Å². The monoisotopic (exact) mass is 299 g/mol. The van der Waals surface area contributed by atoms with Crippen LogP contribution in [-0.2, 0) is 0 Å². The molecule has 0 aliphatic carbocycles. The number of carbonyl (C=O) groups is 2. The van der Waals surface area contributed by atoms with Crippen LogP contribution in [-0.4, -0.2) is 36.4 Å². The average Bonchev–Trinajstić information content (AvgIpc) is 2.82. The lowest BCUT2D eigenvalue weighted by molar-refractivity contribution is 0.100. The number of amides is 3. The summed E-state index contributed by atoms with van der Waals surface area (Å²) in [6, 6.07) is -0.403. The van der Waals surface area contributed by atoms with Crippen molar-refractivity contribution in [2.75, 3.05) is 30.4 Å². The fourth-order valence-electron chi connectivity index (χ4n) is 1.83. The number of hydrogen-bond donors (Lipinski definition) is 3. The molecular weight excluding hydrogens is 278 g/mol. The zero-order valence-corrected chi connectivity index (χ0v) is 12.8. The van der Waals surface area contributed by atoms with Gasteiger partial charge in [-0.2, -0.15) is 4.37 Å². The molecule has 112 valence electrons. The van der Waals surface area contributed by atoms with Crippen molar-refractivity contribution in [1.82, 2.24) is 9.69 Å². The number of anilines is 2. The van der Waals surface area contributed by atoms with Gasteiger partial charge in [-0.05, 0) is 24.4 Å². The normalized spacial score (nSPS) is 10.2. The van der Waals surface area contributed by atoms with E-state index in [-0.39, 0.29) is 5.56 Å². The quantitative estimate of drug-likeness (QED) is 0.712. The van der Waals surface area contributed by atoms with Gasteiger partial charge in [-0.15, -0.1) is 0 Å². The molecule has 0 aliphatic heterocycles. The minimum absolute atomic E-state index is 0.278. The van der Waals surface area contributed by atoms with Gasteiger partial charge in [0, 0.05) is 20.1 Å². The van der Waals surface area contributed by atoms with E-state index >= 15 is 0 Å². The zero-order chi connectivity index (χ0) is 15.1. The smallest absolute Gasteiger partial charge is 0.319 e. The molecule has 0 fully saturated rings. The summed E-state index contributed by atoms with van der Waals surface area (Å²) in [5.41, 5.74) is 5.71. The first kappa shape index (κ1) is 16.2. The second-order valence-electron chi connectivity index (χ2n) is 4.27. The van der Waals surface area contributed by atoms with Gasteiger partial charge in [0.25, 0.3) is 5.91 Å². The second-order valence-corrected chi connectivity index (χ2v) is 5.04. The Bertz CT molecular complexity index is 468. The van der Waals surface area contributed by atoms with Crippen LogP contribution in [0.25, 0.3) is 0 Å². The minimum Gasteiger partial charge on any atom is -0.365 e. The van der Waals surface area contributed by atoms with Crippen LogP contribution in [0.3, 0.4) is 0 Å². The highest BCUT2D eigenvalue weighted by molar-refractivity contribution is 7.11. The molecular formula is C12H21N5O2S. The Morgan fingerprint density at radius 3 is 2.35 bits per heavy atom. The summed E-state index contributed by atoms with van der Waals surface area (Å²) in [6.07, 6.45) is 1.88. The number of nitrogens with one attached hydrogen (secondary N) is 2. The Labute approximate surface area is 122 Å². The summed E-state index contributed by atoms with van der Waals surface area (Å²) < 4.78 is 4.29. The van der Waals surface area contributed by atoms with E-state index in [1.54, 1.807) is 0 Å². The zero-order valence-electron chi connectivity index (χ0n) is 12.0. The van der Waals surface area contributed by atoms with Crippen molar-refractivity contribution >= 4 is 34.3 Å². The maximum absolute atomic E-state index is 11.7. The summed E-state index contributed by atoms with van der Waals surface area (Å²) in [5, 5.41) is 5.39. The Kier molecular flexibility index (Phi) is 6.23. The first-order valence-electron chi connectivity index (χ1n) is 6.58. The van der Waals surface area contributed by atoms with Crippen LogP contribution < -0.4 is 21.3 Å². The van der Waals surface area contributed by atoms with Gasteiger partial charge in [-0.25, -0.2) is 4.79 Å². The van der Waals surface area contributed by atoms with Gasteiger partial charge in [0.2, 0.25) is 0 Å². The summed E-state index contributed by atoms with van der Waals surface area (Å²) >= 11 is 1.06. The number of carbonyl (C=O) groups excluding carboxylic acids is 2. The van der Waals surface area contributed by atoms with Crippen molar-refractivity contribution in [3.8, 4) is 0 Å². The molecule has 0 aliphatic rings. The lowest BCUT2D eigenvalue weighted by atomic mass is 10.2. The van der Waals surface area contributed by atoms with Crippen LogP contribution in [0.4, 0.5) is 15.6 Å². The molecule has 0 spiro atoms. The van der Waals surface area contributed by atoms with Gasteiger partial charge in [-0.1, -0.05) is 13.8 Å². The van der Waals surface area contributed by atoms with Crippen LogP contribution in [0.2, 0.25) is 0 Å². The van der Waals surface area contributed by atoms with E-state index in [0.717, 1.165) is 37.5 Å². The molecule has 7 nitrogen and oxygen atoms in total. The number of nitrogens with zero attached hydrogens (tertiary/aromatic N) is 2. The lowest BCUT2D eigenvalue weighted by Crippen LogP contribution is -2.29. The predicted octanol–water partition coefficient (Wildman–Crippen LogP) is 1.62. The Morgan fingerprint density at radius 1 is 1.30 bits per heavy atom. The third kappa shape index (κ3) is 3.83. The van der Waals surface area contributed by atoms with Gasteiger partial charge in [0.15, 0.2) is 5.82 Å².